The van der Waals surface area contributed by atoms with Crippen LogP contribution >= 0.6 is 15.9 Å². The summed E-state index contributed by atoms with van der Waals surface area (Å²) in [7, 11) is 2.62. The summed E-state index contributed by atoms with van der Waals surface area (Å²) < 4.78 is 15.7. The number of carbonyl (C=O) groups is 2. The standard InChI is InChI=1S/C17H14BrNO7/c1-24-15-4-3-13(18)6-12(15)9-26-17(21)11-5-10(16(20)25-2)7-14(8-11)19(22)23/h3-8H,9H2,1-2H3. The van der Waals surface area contributed by atoms with E-state index in [1.54, 1.807) is 18.2 Å². The fraction of sp³-hybridized carbons (Fsp3) is 0.176. The van der Waals surface area contributed by atoms with Crippen molar-refractivity contribution in [1.82, 2.24) is 0 Å². The van der Waals surface area contributed by atoms with Gasteiger partial charge in [0, 0.05) is 22.2 Å². The minimum Gasteiger partial charge on any atom is -0.496 e. The number of benzene rings is 2. The lowest BCUT2D eigenvalue weighted by molar-refractivity contribution is -0.384. The maximum absolute atomic E-state index is 12.3. The number of esters is 2. The number of halogens is 1. The lowest BCUT2D eigenvalue weighted by atomic mass is 10.1. The van der Waals surface area contributed by atoms with Gasteiger partial charge in [0.15, 0.2) is 0 Å². The van der Waals surface area contributed by atoms with Crippen LogP contribution in [0.3, 0.4) is 0 Å². The first kappa shape index (κ1) is 19.4. The smallest absolute Gasteiger partial charge is 0.338 e. The average molecular weight is 424 g/mol. The third-order valence-electron chi connectivity index (χ3n) is 3.39. The molecule has 0 aliphatic carbocycles. The predicted molar refractivity (Wildman–Crippen MR) is 94.2 cm³/mol. The molecule has 136 valence electrons. The third-order valence-corrected chi connectivity index (χ3v) is 3.88. The molecule has 0 aliphatic rings. The van der Waals surface area contributed by atoms with Gasteiger partial charge in [-0.15, -0.1) is 0 Å². The van der Waals surface area contributed by atoms with Crippen molar-refractivity contribution in [3.63, 3.8) is 0 Å². The number of hydrogen-bond acceptors (Lipinski definition) is 7. The largest absolute Gasteiger partial charge is 0.496 e. The molecule has 0 unspecified atom stereocenters. The van der Waals surface area contributed by atoms with E-state index in [0.717, 1.165) is 23.7 Å². The molecular weight excluding hydrogens is 410 g/mol. The molecule has 2 aromatic carbocycles. The zero-order chi connectivity index (χ0) is 19.3. The molecule has 0 aliphatic heterocycles. The Morgan fingerprint density at radius 2 is 1.73 bits per heavy atom. The first-order valence-corrected chi connectivity index (χ1v) is 8.02. The van der Waals surface area contributed by atoms with E-state index in [2.05, 4.69) is 20.7 Å². The zero-order valence-corrected chi connectivity index (χ0v) is 15.4. The van der Waals surface area contributed by atoms with Crippen molar-refractivity contribution in [2.75, 3.05) is 14.2 Å². The van der Waals surface area contributed by atoms with Gasteiger partial charge in [0.2, 0.25) is 0 Å². The third kappa shape index (κ3) is 4.57. The molecule has 0 bridgehead atoms. The number of methoxy groups -OCH3 is 2. The van der Waals surface area contributed by atoms with Crippen LogP contribution in [-0.4, -0.2) is 31.1 Å². The molecule has 8 nitrogen and oxygen atoms in total. The second-order valence-corrected chi connectivity index (χ2v) is 5.97. The first-order valence-electron chi connectivity index (χ1n) is 7.23. The fourth-order valence-corrected chi connectivity index (χ4v) is 2.57. The molecule has 2 rings (SSSR count). The van der Waals surface area contributed by atoms with Crippen molar-refractivity contribution in [3.05, 3.63) is 67.7 Å². The molecule has 0 aromatic heterocycles. The minimum atomic E-state index is -0.819. The van der Waals surface area contributed by atoms with E-state index in [-0.39, 0.29) is 17.7 Å². The lowest BCUT2D eigenvalue weighted by Gasteiger charge is -2.10. The Bertz CT molecular complexity index is 866. The SMILES string of the molecule is COC(=O)c1cc(C(=O)OCc2cc(Br)ccc2OC)cc([N+](=O)[O-])c1. The predicted octanol–water partition coefficient (Wildman–Crippen LogP) is 3.51. The Morgan fingerprint density at radius 3 is 2.31 bits per heavy atom. The number of nitro benzene ring substituents is 1. The van der Waals surface area contributed by atoms with Gasteiger partial charge in [0.1, 0.15) is 12.4 Å². The molecule has 9 heteroatoms. The van der Waals surface area contributed by atoms with Crippen LogP contribution in [0.4, 0.5) is 5.69 Å². The highest BCUT2D eigenvalue weighted by molar-refractivity contribution is 9.10. The van der Waals surface area contributed by atoms with Crippen molar-refractivity contribution >= 4 is 33.6 Å². The summed E-state index contributed by atoms with van der Waals surface area (Å²) in [5.74, 6) is -1.09. The maximum atomic E-state index is 12.3. The highest BCUT2D eigenvalue weighted by Gasteiger charge is 2.19. The number of nitrogens with zero attached hydrogens (tertiary/aromatic N) is 1. The van der Waals surface area contributed by atoms with Crippen molar-refractivity contribution < 1.29 is 28.7 Å². The van der Waals surface area contributed by atoms with Gasteiger partial charge < -0.3 is 14.2 Å². The van der Waals surface area contributed by atoms with Crippen LogP contribution in [0, 0.1) is 10.1 Å². The molecule has 0 N–H and O–H groups in total. The lowest BCUT2D eigenvalue weighted by Crippen LogP contribution is -2.09. The second-order valence-electron chi connectivity index (χ2n) is 5.05. The number of ether oxygens (including phenoxy) is 3. The van der Waals surface area contributed by atoms with Gasteiger partial charge in [-0.1, -0.05) is 15.9 Å². The summed E-state index contributed by atoms with van der Waals surface area (Å²) in [6.07, 6.45) is 0. The quantitative estimate of drug-likeness (QED) is 0.397. The number of non-ortho nitro benzene ring substituents is 1. The van der Waals surface area contributed by atoms with E-state index in [0.29, 0.717) is 11.3 Å². The molecule has 2 aromatic rings. The maximum Gasteiger partial charge on any atom is 0.338 e. The highest BCUT2D eigenvalue weighted by Crippen LogP contribution is 2.24. The molecule has 0 fully saturated rings. The first-order chi connectivity index (χ1) is 12.3. The van der Waals surface area contributed by atoms with Gasteiger partial charge >= 0.3 is 11.9 Å². The van der Waals surface area contributed by atoms with Gasteiger partial charge in [0.25, 0.3) is 5.69 Å². The Hall–Kier alpha value is -2.94. The van der Waals surface area contributed by atoms with Crippen LogP contribution in [0.2, 0.25) is 0 Å². The van der Waals surface area contributed by atoms with Crippen LogP contribution < -0.4 is 4.74 Å². The summed E-state index contributed by atoms with van der Waals surface area (Å²) >= 11 is 3.31. The molecule has 0 spiro atoms. The molecule has 0 atom stereocenters. The van der Waals surface area contributed by atoms with E-state index < -0.39 is 22.5 Å². The Labute approximate surface area is 156 Å². The van der Waals surface area contributed by atoms with Crippen LogP contribution in [0.25, 0.3) is 0 Å². The van der Waals surface area contributed by atoms with E-state index in [4.69, 9.17) is 9.47 Å². The van der Waals surface area contributed by atoms with Crippen LogP contribution in [0.5, 0.6) is 5.75 Å². The van der Waals surface area contributed by atoms with Crippen molar-refractivity contribution in [1.29, 1.82) is 0 Å². The summed E-state index contributed by atoms with van der Waals surface area (Å²) in [6.45, 7) is -0.113. The molecular formula is C17H14BrNO7. The molecule has 0 radical (unpaired) electrons. The Kier molecular flexibility index (Phi) is 6.29. The van der Waals surface area contributed by atoms with Crippen molar-refractivity contribution in [3.8, 4) is 5.75 Å². The van der Waals surface area contributed by atoms with Crippen molar-refractivity contribution in [2.24, 2.45) is 0 Å². The minimum absolute atomic E-state index is 0.113. The fourth-order valence-electron chi connectivity index (χ4n) is 2.16. The average Bonchev–Trinajstić information content (AvgIpc) is 2.65. The van der Waals surface area contributed by atoms with E-state index in [1.807, 2.05) is 0 Å². The summed E-state index contributed by atoms with van der Waals surface area (Å²) in [5.41, 5.74) is -0.0593. The molecule has 26 heavy (non-hydrogen) atoms. The van der Waals surface area contributed by atoms with Gasteiger partial charge in [-0.3, -0.25) is 10.1 Å². The zero-order valence-electron chi connectivity index (χ0n) is 13.9. The van der Waals surface area contributed by atoms with E-state index in [9.17, 15) is 19.7 Å². The monoisotopic (exact) mass is 423 g/mol. The summed E-state index contributed by atoms with van der Waals surface area (Å²) in [4.78, 5) is 34.2. The number of rotatable bonds is 6. The Balaban J connectivity index is 2.26. The van der Waals surface area contributed by atoms with Crippen LogP contribution in [0.15, 0.2) is 40.9 Å². The highest BCUT2D eigenvalue weighted by atomic mass is 79.9. The van der Waals surface area contributed by atoms with E-state index >= 15 is 0 Å². The number of hydrogen-bond donors (Lipinski definition) is 0. The van der Waals surface area contributed by atoms with Crippen LogP contribution in [0.1, 0.15) is 26.3 Å². The molecule has 0 heterocycles. The topological polar surface area (TPSA) is 105 Å². The second kappa shape index (κ2) is 8.43. The number of carbonyl (C=O) groups excluding carboxylic acids is 2. The van der Waals surface area contributed by atoms with E-state index in [1.165, 1.54) is 13.2 Å². The summed E-state index contributed by atoms with van der Waals surface area (Å²) in [5, 5.41) is 11.0. The number of nitro groups is 1. The Morgan fingerprint density at radius 1 is 1.08 bits per heavy atom. The van der Waals surface area contributed by atoms with Gasteiger partial charge in [-0.2, -0.15) is 0 Å². The normalized spacial score (nSPS) is 10.1. The van der Waals surface area contributed by atoms with Crippen LogP contribution in [-0.2, 0) is 16.1 Å². The van der Waals surface area contributed by atoms with Crippen molar-refractivity contribution in [2.45, 2.75) is 6.61 Å². The van der Waals surface area contributed by atoms with Gasteiger partial charge in [-0.25, -0.2) is 9.59 Å². The van der Waals surface area contributed by atoms with Gasteiger partial charge in [-0.05, 0) is 24.3 Å². The van der Waals surface area contributed by atoms with Gasteiger partial charge in [0.05, 0.1) is 30.3 Å². The molecule has 0 saturated heterocycles. The molecule has 0 saturated carbocycles. The molecule has 0 amide bonds. The summed E-state index contributed by atoms with van der Waals surface area (Å²) in [6, 6.07) is 8.44.